The fraction of sp³-hybridized carbons (Fsp3) is 0.417. The molecule has 5 nitrogen and oxygen atoms in total. The van der Waals surface area contributed by atoms with Gasteiger partial charge >= 0.3 is 0 Å². The molecule has 4 N–H and O–H groups in total. The van der Waals surface area contributed by atoms with Crippen LogP contribution in [-0.4, -0.2) is 16.9 Å². The Labute approximate surface area is 121 Å². The molecule has 1 amide bonds. The molecule has 0 saturated heterocycles. The number of carbonyl (C=O) groups excluding carboxylic acids is 1. The highest BCUT2D eigenvalue weighted by molar-refractivity contribution is 6.32. The van der Waals surface area contributed by atoms with Gasteiger partial charge < -0.3 is 11.5 Å². The molecule has 1 aliphatic carbocycles. The van der Waals surface area contributed by atoms with Gasteiger partial charge in [0.2, 0.25) is 0 Å². The van der Waals surface area contributed by atoms with Crippen LogP contribution in [-0.2, 0) is 4.79 Å². The molecule has 1 aromatic rings. The van der Waals surface area contributed by atoms with Crippen LogP contribution in [0.15, 0.2) is 17.3 Å². The SMILES string of the molecule is CC1(C)[C@H](C(=O)N=C(N)N)[C@H]1c1cc(Cl)cnc1Cl. The lowest BCUT2D eigenvalue weighted by Crippen LogP contribution is -2.25. The predicted octanol–water partition coefficient (Wildman–Crippen LogP) is 1.93. The number of pyridine rings is 1. The molecule has 0 bridgehead atoms. The first kappa shape index (κ1) is 14.1. The maximum atomic E-state index is 12.0. The topological polar surface area (TPSA) is 94.4 Å². The van der Waals surface area contributed by atoms with Crippen molar-refractivity contribution in [3.63, 3.8) is 0 Å². The summed E-state index contributed by atoms with van der Waals surface area (Å²) in [7, 11) is 0. The van der Waals surface area contributed by atoms with Gasteiger partial charge in [-0.15, -0.1) is 0 Å². The molecule has 1 aromatic heterocycles. The van der Waals surface area contributed by atoms with Gasteiger partial charge in [-0.05, 0) is 17.0 Å². The number of rotatable bonds is 2. The Morgan fingerprint density at radius 2 is 2.05 bits per heavy atom. The molecule has 1 fully saturated rings. The van der Waals surface area contributed by atoms with Crippen molar-refractivity contribution >= 4 is 35.1 Å². The quantitative estimate of drug-likeness (QED) is 0.496. The summed E-state index contributed by atoms with van der Waals surface area (Å²) >= 11 is 12.0. The fourth-order valence-corrected chi connectivity index (χ4v) is 2.92. The zero-order valence-electron chi connectivity index (χ0n) is 10.5. The monoisotopic (exact) mass is 300 g/mol. The van der Waals surface area contributed by atoms with E-state index >= 15 is 0 Å². The largest absolute Gasteiger partial charge is 0.370 e. The van der Waals surface area contributed by atoms with Crippen LogP contribution in [0, 0.1) is 11.3 Å². The van der Waals surface area contributed by atoms with Crippen LogP contribution in [0.5, 0.6) is 0 Å². The van der Waals surface area contributed by atoms with E-state index in [1.807, 2.05) is 13.8 Å². The molecule has 1 aliphatic rings. The van der Waals surface area contributed by atoms with Crippen LogP contribution in [0.4, 0.5) is 0 Å². The standard InChI is InChI=1S/C12H14Cl2N4O/c1-12(2)7(8(12)10(19)18-11(15)16)6-3-5(13)4-17-9(6)14/h3-4,7-8H,1-2H3,(H4,15,16,18,19)/t7-,8+/m1/s1. The van der Waals surface area contributed by atoms with Gasteiger partial charge in [0.1, 0.15) is 5.15 Å². The number of aromatic nitrogens is 1. The van der Waals surface area contributed by atoms with Crippen LogP contribution < -0.4 is 11.5 Å². The number of hydrogen-bond donors (Lipinski definition) is 2. The summed E-state index contributed by atoms with van der Waals surface area (Å²) in [4.78, 5) is 19.6. The Balaban J connectivity index is 2.34. The lowest BCUT2D eigenvalue weighted by atomic mass is 10.0. The lowest BCUT2D eigenvalue weighted by Gasteiger charge is -2.05. The third-order valence-electron chi connectivity index (χ3n) is 3.50. The van der Waals surface area contributed by atoms with Gasteiger partial charge in [-0.25, -0.2) is 4.98 Å². The number of hydrogen-bond acceptors (Lipinski definition) is 2. The zero-order chi connectivity index (χ0) is 14.4. The molecular formula is C12H14Cl2N4O. The van der Waals surface area contributed by atoms with Gasteiger partial charge in [0, 0.05) is 12.1 Å². The minimum Gasteiger partial charge on any atom is -0.370 e. The third kappa shape index (κ3) is 2.53. The van der Waals surface area contributed by atoms with Crippen molar-refractivity contribution in [3.05, 3.63) is 28.0 Å². The number of nitrogens with zero attached hydrogens (tertiary/aromatic N) is 2. The smallest absolute Gasteiger partial charge is 0.253 e. The first-order chi connectivity index (χ1) is 8.75. The van der Waals surface area contributed by atoms with E-state index in [0.29, 0.717) is 10.2 Å². The maximum absolute atomic E-state index is 12.0. The average molecular weight is 301 g/mol. The second-order valence-corrected chi connectivity index (χ2v) is 5.98. The number of halogens is 2. The summed E-state index contributed by atoms with van der Waals surface area (Å²) in [5, 5.41) is 0.831. The highest BCUT2D eigenvalue weighted by atomic mass is 35.5. The van der Waals surface area contributed by atoms with Gasteiger partial charge in [0.25, 0.3) is 5.91 Å². The summed E-state index contributed by atoms with van der Waals surface area (Å²) < 4.78 is 0. The Morgan fingerprint density at radius 3 is 2.63 bits per heavy atom. The number of aliphatic imine (C=N–C) groups is 1. The highest BCUT2D eigenvalue weighted by Crippen LogP contribution is 2.65. The molecule has 0 radical (unpaired) electrons. The molecule has 2 atom stereocenters. The molecule has 2 rings (SSSR count). The maximum Gasteiger partial charge on any atom is 0.253 e. The zero-order valence-corrected chi connectivity index (χ0v) is 12.0. The number of carbonyl (C=O) groups is 1. The van der Waals surface area contributed by atoms with Crippen molar-refractivity contribution in [1.82, 2.24) is 4.98 Å². The highest BCUT2D eigenvalue weighted by Gasteiger charge is 2.63. The minimum atomic E-state index is -0.342. The molecule has 0 aromatic carbocycles. The van der Waals surface area contributed by atoms with Crippen molar-refractivity contribution in [2.24, 2.45) is 27.8 Å². The Bertz CT molecular complexity index is 567. The third-order valence-corrected chi connectivity index (χ3v) is 4.02. The summed E-state index contributed by atoms with van der Waals surface area (Å²) in [6, 6.07) is 1.73. The van der Waals surface area contributed by atoms with Crippen molar-refractivity contribution < 1.29 is 4.79 Å². The second kappa shape index (κ2) is 4.65. The summed E-state index contributed by atoms with van der Waals surface area (Å²) in [6.07, 6.45) is 1.47. The van der Waals surface area contributed by atoms with E-state index in [9.17, 15) is 4.79 Å². The molecule has 0 unspecified atom stereocenters. The van der Waals surface area contributed by atoms with Crippen molar-refractivity contribution in [3.8, 4) is 0 Å². The van der Waals surface area contributed by atoms with Gasteiger partial charge in [0.05, 0.1) is 10.9 Å². The number of guanidine groups is 1. The number of amides is 1. The van der Waals surface area contributed by atoms with E-state index in [-0.39, 0.29) is 29.1 Å². The molecule has 0 spiro atoms. The molecule has 0 aliphatic heterocycles. The van der Waals surface area contributed by atoms with Crippen LogP contribution >= 0.6 is 23.2 Å². The summed E-state index contributed by atoms with van der Waals surface area (Å²) in [6.45, 7) is 3.92. The molecular weight excluding hydrogens is 287 g/mol. The lowest BCUT2D eigenvalue weighted by molar-refractivity contribution is -0.119. The van der Waals surface area contributed by atoms with Crippen LogP contribution in [0.2, 0.25) is 10.2 Å². The molecule has 19 heavy (non-hydrogen) atoms. The molecule has 1 heterocycles. The van der Waals surface area contributed by atoms with E-state index in [4.69, 9.17) is 34.7 Å². The van der Waals surface area contributed by atoms with E-state index in [1.165, 1.54) is 6.20 Å². The normalized spacial score (nSPS) is 23.8. The second-order valence-electron chi connectivity index (χ2n) is 5.19. The Morgan fingerprint density at radius 1 is 1.42 bits per heavy atom. The van der Waals surface area contributed by atoms with E-state index in [2.05, 4.69) is 9.98 Å². The minimum absolute atomic E-state index is 0.0817. The molecule has 7 heteroatoms. The van der Waals surface area contributed by atoms with Crippen molar-refractivity contribution in [2.75, 3.05) is 0 Å². The van der Waals surface area contributed by atoms with Crippen LogP contribution in [0.1, 0.15) is 25.3 Å². The van der Waals surface area contributed by atoms with Crippen molar-refractivity contribution in [2.45, 2.75) is 19.8 Å². The van der Waals surface area contributed by atoms with Gasteiger partial charge in [-0.2, -0.15) is 4.99 Å². The van der Waals surface area contributed by atoms with Gasteiger partial charge in [0.15, 0.2) is 5.96 Å². The average Bonchev–Trinajstić information content (AvgIpc) is 2.84. The van der Waals surface area contributed by atoms with Gasteiger partial charge in [-0.3, -0.25) is 4.79 Å². The first-order valence-corrected chi connectivity index (χ1v) is 6.45. The predicted molar refractivity (Wildman–Crippen MR) is 75.1 cm³/mol. The number of nitrogens with two attached hydrogens (primary N) is 2. The van der Waals surface area contributed by atoms with E-state index in [1.54, 1.807) is 6.07 Å². The fourth-order valence-electron chi connectivity index (χ4n) is 2.53. The Kier molecular flexibility index (Phi) is 3.45. The van der Waals surface area contributed by atoms with Crippen LogP contribution in [0.25, 0.3) is 0 Å². The molecule has 102 valence electrons. The summed E-state index contributed by atoms with van der Waals surface area (Å²) in [5.74, 6) is -0.970. The van der Waals surface area contributed by atoms with E-state index < -0.39 is 0 Å². The molecule has 1 saturated carbocycles. The first-order valence-electron chi connectivity index (χ1n) is 5.69. The van der Waals surface area contributed by atoms with E-state index in [0.717, 1.165) is 5.56 Å². The Hall–Kier alpha value is -1.33. The van der Waals surface area contributed by atoms with Crippen molar-refractivity contribution in [1.29, 1.82) is 0 Å². The van der Waals surface area contributed by atoms with Crippen LogP contribution in [0.3, 0.4) is 0 Å². The summed E-state index contributed by atoms with van der Waals surface area (Å²) in [5.41, 5.74) is 10.9. The van der Waals surface area contributed by atoms with Gasteiger partial charge in [-0.1, -0.05) is 37.0 Å².